The second-order valence-electron chi connectivity index (χ2n) is 6.05. The van der Waals surface area contributed by atoms with Crippen LogP contribution in [0, 0.1) is 20.2 Å². The van der Waals surface area contributed by atoms with E-state index < -0.39 is 15.4 Å². The zero-order valence-electron chi connectivity index (χ0n) is 13.6. The molecule has 3 rings (SSSR count). The molecule has 0 bridgehead atoms. The van der Waals surface area contributed by atoms with Crippen molar-refractivity contribution in [1.29, 1.82) is 0 Å². The van der Waals surface area contributed by atoms with Crippen molar-refractivity contribution in [2.45, 2.75) is 12.5 Å². The zero-order valence-corrected chi connectivity index (χ0v) is 13.6. The third kappa shape index (κ3) is 3.29. The average molecular weight is 343 g/mol. The second-order valence-corrected chi connectivity index (χ2v) is 6.05. The van der Waals surface area contributed by atoms with Gasteiger partial charge in [-0.3, -0.25) is 20.2 Å². The molecule has 1 aliphatic rings. The minimum atomic E-state index is -0.635. The number of morpholine rings is 1. The lowest BCUT2D eigenvalue weighted by molar-refractivity contribution is -0.393. The first-order valence-corrected chi connectivity index (χ1v) is 7.78. The van der Waals surface area contributed by atoms with Crippen LogP contribution in [0.2, 0.25) is 0 Å². The average Bonchev–Trinajstić information content (AvgIpc) is 2.62. The molecule has 0 aromatic heterocycles. The molecule has 0 aliphatic carbocycles. The maximum Gasteiger partial charge on any atom is 0.299 e. The van der Waals surface area contributed by atoms with E-state index in [2.05, 4.69) is 0 Å². The maximum absolute atomic E-state index is 11.4. The Labute approximate surface area is 143 Å². The molecule has 0 saturated carbocycles. The van der Waals surface area contributed by atoms with Crippen LogP contribution in [-0.2, 0) is 10.3 Å². The number of non-ortho nitro benzene ring substituents is 1. The van der Waals surface area contributed by atoms with Crippen molar-refractivity contribution < 1.29 is 14.6 Å². The fourth-order valence-electron chi connectivity index (χ4n) is 3.08. The number of ether oxygens (including phenoxy) is 1. The van der Waals surface area contributed by atoms with Crippen molar-refractivity contribution in [2.75, 3.05) is 24.6 Å². The van der Waals surface area contributed by atoms with Crippen LogP contribution >= 0.6 is 0 Å². The predicted molar refractivity (Wildman–Crippen MR) is 91.7 cm³/mol. The van der Waals surface area contributed by atoms with Gasteiger partial charge >= 0.3 is 0 Å². The molecule has 2 aromatic carbocycles. The number of nitrogens with zero attached hydrogens (tertiary/aromatic N) is 3. The summed E-state index contributed by atoms with van der Waals surface area (Å²) in [5.41, 5.74) is 0.154. The van der Waals surface area contributed by atoms with Gasteiger partial charge in [0.05, 0.1) is 29.1 Å². The summed E-state index contributed by atoms with van der Waals surface area (Å²) in [5.74, 6) is 0. The molecule has 8 heteroatoms. The summed E-state index contributed by atoms with van der Waals surface area (Å²) in [5, 5.41) is 22.3. The highest BCUT2D eigenvalue weighted by atomic mass is 16.6. The number of nitro groups is 2. The molecule has 0 spiro atoms. The monoisotopic (exact) mass is 343 g/mol. The molecular weight excluding hydrogens is 326 g/mol. The Bertz CT molecular complexity index is 811. The summed E-state index contributed by atoms with van der Waals surface area (Å²) in [4.78, 5) is 22.9. The Morgan fingerprint density at radius 1 is 1.08 bits per heavy atom. The molecular formula is C17H17N3O5. The molecule has 1 aliphatic heterocycles. The first kappa shape index (κ1) is 16.8. The molecule has 2 aromatic rings. The van der Waals surface area contributed by atoms with E-state index in [-0.39, 0.29) is 11.4 Å². The van der Waals surface area contributed by atoms with Gasteiger partial charge in [0.2, 0.25) is 0 Å². The van der Waals surface area contributed by atoms with Crippen molar-refractivity contribution in [1.82, 2.24) is 0 Å². The molecule has 1 unspecified atom stereocenters. The summed E-state index contributed by atoms with van der Waals surface area (Å²) < 4.78 is 5.95. The lowest BCUT2D eigenvalue weighted by Crippen LogP contribution is -2.48. The topological polar surface area (TPSA) is 98.8 Å². The van der Waals surface area contributed by atoms with Crippen LogP contribution in [0.3, 0.4) is 0 Å². The van der Waals surface area contributed by atoms with Gasteiger partial charge in [0, 0.05) is 12.6 Å². The van der Waals surface area contributed by atoms with Crippen molar-refractivity contribution in [2.24, 2.45) is 0 Å². The molecule has 1 fully saturated rings. The van der Waals surface area contributed by atoms with E-state index in [0.717, 1.165) is 11.6 Å². The van der Waals surface area contributed by atoms with E-state index >= 15 is 0 Å². The minimum Gasteiger partial charge on any atom is -0.367 e. The molecule has 1 saturated heterocycles. The summed E-state index contributed by atoms with van der Waals surface area (Å²) in [6, 6.07) is 13.4. The first-order valence-electron chi connectivity index (χ1n) is 7.78. The van der Waals surface area contributed by atoms with Gasteiger partial charge in [-0.1, -0.05) is 30.3 Å². The number of hydrogen-bond acceptors (Lipinski definition) is 6. The van der Waals surface area contributed by atoms with Crippen LogP contribution in [0.4, 0.5) is 17.1 Å². The van der Waals surface area contributed by atoms with Crippen molar-refractivity contribution in [3.8, 4) is 0 Å². The summed E-state index contributed by atoms with van der Waals surface area (Å²) in [6.07, 6.45) is 0. The molecule has 0 radical (unpaired) electrons. The Hall–Kier alpha value is -3.00. The Kier molecular flexibility index (Phi) is 4.37. The van der Waals surface area contributed by atoms with Gasteiger partial charge in [-0.05, 0) is 18.6 Å². The third-order valence-electron chi connectivity index (χ3n) is 4.37. The van der Waals surface area contributed by atoms with Crippen molar-refractivity contribution in [3.05, 3.63) is 74.3 Å². The quantitative estimate of drug-likeness (QED) is 0.624. The number of hydrogen-bond donors (Lipinski definition) is 0. The van der Waals surface area contributed by atoms with Gasteiger partial charge in [-0.25, -0.2) is 0 Å². The SMILES string of the molecule is CC1(c2ccccc2)CN(c2ccc([N+](=O)[O-])cc2[N+](=O)[O-])CCO1. The number of anilines is 1. The van der Waals surface area contributed by atoms with Gasteiger partial charge < -0.3 is 9.64 Å². The lowest BCUT2D eigenvalue weighted by atomic mass is 9.93. The molecule has 1 atom stereocenters. The normalized spacial score (nSPS) is 20.3. The Morgan fingerprint density at radius 3 is 2.44 bits per heavy atom. The van der Waals surface area contributed by atoms with E-state index in [9.17, 15) is 20.2 Å². The molecule has 0 N–H and O–H groups in total. The first-order chi connectivity index (χ1) is 11.9. The highest BCUT2D eigenvalue weighted by molar-refractivity contribution is 5.67. The Balaban J connectivity index is 1.96. The standard InChI is InChI=1S/C17H17N3O5/c1-17(13-5-3-2-4-6-13)12-18(9-10-25-17)15-8-7-14(19(21)22)11-16(15)20(23)24/h2-8,11H,9-10,12H2,1H3. The molecule has 0 amide bonds. The minimum absolute atomic E-state index is 0.272. The highest BCUT2D eigenvalue weighted by Crippen LogP contribution is 2.37. The van der Waals surface area contributed by atoms with Crippen LogP contribution in [0.25, 0.3) is 0 Å². The van der Waals surface area contributed by atoms with Crippen LogP contribution in [0.15, 0.2) is 48.5 Å². The molecule has 130 valence electrons. The lowest BCUT2D eigenvalue weighted by Gasteiger charge is -2.41. The molecule has 25 heavy (non-hydrogen) atoms. The molecule has 8 nitrogen and oxygen atoms in total. The van der Waals surface area contributed by atoms with Crippen LogP contribution in [0.5, 0.6) is 0 Å². The molecule has 1 heterocycles. The number of nitro benzene ring substituents is 2. The van der Waals surface area contributed by atoms with E-state index in [1.54, 1.807) is 0 Å². The maximum atomic E-state index is 11.4. The van der Waals surface area contributed by atoms with Crippen LogP contribution in [-0.4, -0.2) is 29.5 Å². The summed E-state index contributed by atoms with van der Waals surface area (Å²) in [7, 11) is 0. The Morgan fingerprint density at radius 2 is 1.80 bits per heavy atom. The second kappa shape index (κ2) is 6.48. The number of rotatable bonds is 4. The largest absolute Gasteiger partial charge is 0.367 e. The fourth-order valence-corrected chi connectivity index (χ4v) is 3.08. The third-order valence-corrected chi connectivity index (χ3v) is 4.37. The predicted octanol–water partition coefficient (Wildman–Crippen LogP) is 3.26. The highest BCUT2D eigenvalue weighted by Gasteiger charge is 2.36. The van der Waals surface area contributed by atoms with Crippen LogP contribution < -0.4 is 4.90 Å². The zero-order chi connectivity index (χ0) is 18.0. The van der Waals surface area contributed by atoms with E-state index in [1.165, 1.54) is 12.1 Å². The number of benzene rings is 2. The van der Waals surface area contributed by atoms with E-state index in [1.807, 2.05) is 42.2 Å². The van der Waals surface area contributed by atoms with Crippen molar-refractivity contribution >= 4 is 17.1 Å². The van der Waals surface area contributed by atoms with Gasteiger partial charge in [-0.15, -0.1) is 0 Å². The van der Waals surface area contributed by atoms with Crippen molar-refractivity contribution in [3.63, 3.8) is 0 Å². The van der Waals surface area contributed by atoms with E-state index in [4.69, 9.17) is 4.74 Å². The van der Waals surface area contributed by atoms with E-state index in [0.29, 0.717) is 25.4 Å². The fraction of sp³-hybridized carbons (Fsp3) is 0.294. The van der Waals surface area contributed by atoms with Gasteiger partial charge in [0.1, 0.15) is 11.3 Å². The van der Waals surface area contributed by atoms with Gasteiger partial charge in [-0.2, -0.15) is 0 Å². The smallest absolute Gasteiger partial charge is 0.299 e. The van der Waals surface area contributed by atoms with Gasteiger partial charge in [0.15, 0.2) is 0 Å². The van der Waals surface area contributed by atoms with Crippen LogP contribution in [0.1, 0.15) is 12.5 Å². The summed E-state index contributed by atoms with van der Waals surface area (Å²) >= 11 is 0. The van der Waals surface area contributed by atoms with Gasteiger partial charge in [0.25, 0.3) is 11.4 Å². The summed E-state index contributed by atoms with van der Waals surface area (Å²) in [6.45, 7) is 3.22.